The van der Waals surface area contributed by atoms with Crippen molar-refractivity contribution in [2.24, 2.45) is 0 Å². The Balaban J connectivity index is 0. The fourth-order valence-corrected chi connectivity index (χ4v) is 7.22. The summed E-state index contributed by atoms with van der Waals surface area (Å²) in [6.45, 7) is 25.6. The zero-order chi connectivity index (χ0) is 33.9. The average Bonchev–Trinajstić information content (AvgIpc) is 3.03. The van der Waals surface area contributed by atoms with E-state index in [-0.39, 0.29) is 6.10 Å². The van der Waals surface area contributed by atoms with Crippen LogP contribution in [0.25, 0.3) is 0 Å². The summed E-state index contributed by atoms with van der Waals surface area (Å²) in [5, 5.41) is 19.6. The van der Waals surface area contributed by atoms with Crippen LogP contribution in [0.1, 0.15) is 203 Å². The third-order valence-corrected chi connectivity index (χ3v) is 10.1. The Morgan fingerprint density at radius 2 is 0.622 bits per heavy atom. The maximum Gasteiger partial charge on any atom is 0.105 e. The monoisotopic (exact) mass is 643 g/mol. The summed E-state index contributed by atoms with van der Waals surface area (Å²) in [4.78, 5) is 0. The first-order chi connectivity index (χ1) is 21.8. The lowest BCUT2D eigenvalue weighted by atomic mass is 10.1. The van der Waals surface area contributed by atoms with Gasteiger partial charge in [0.25, 0.3) is 0 Å². The molecular weight excluding hydrogens is 552 g/mol. The van der Waals surface area contributed by atoms with Crippen molar-refractivity contribution in [3.8, 4) is 0 Å². The minimum atomic E-state index is -0.166. The highest BCUT2D eigenvalue weighted by molar-refractivity contribution is 4.54. The fraction of sp³-hybridized carbons (Fsp3) is 1.00. The maximum absolute atomic E-state index is 9.80. The Kier molecular flexibility index (Phi) is 36.7. The van der Waals surface area contributed by atoms with Gasteiger partial charge in [0.05, 0.1) is 45.9 Å². The molecule has 0 aromatic carbocycles. The first-order valence-electron chi connectivity index (χ1n) is 20.8. The predicted molar refractivity (Wildman–Crippen MR) is 203 cm³/mol. The molecule has 0 spiro atoms. The zero-order valence-electron chi connectivity index (χ0n) is 32.7. The molecule has 0 bridgehead atoms. The number of hydrogen-bond donors (Lipinski definition) is 2. The molecule has 274 valence electrons. The van der Waals surface area contributed by atoms with Crippen LogP contribution >= 0.6 is 0 Å². The number of unbranched alkanes of at least 4 members (excludes halogenated alkanes) is 18. The highest BCUT2D eigenvalue weighted by Gasteiger charge is 2.27. The van der Waals surface area contributed by atoms with E-state index in [1.165, 1.54) is 198 Å². The van der Waals surface area contributed by atoms with Gasteiger partial charge in [-0.3, -0.25) is 0 Å². The van der Waals surface area contributed by atoms with Crippen molar-refractivity contribution in [3.05, 3.63) is 0 Å². The summed E-state index contributed by atoms with van der Waals surface area (Å²) in [6.07, 6.45) is 32.3. The van der Waals surface area contributed by atoms with Crippen LogP contribution in [0.2, 0.25) is 0 Å². The van der Waals surface area contributed by atoms with Crippen molar-refractivity contribution in [1.29, 1.82) is 0 Å². The lowest BCUT2D eigenvalue weighted by molar-refractivity contribution is -0.931. The molecule has 2 N–H and O–H groups in total. The van der Waals surface area contributed by atoms with Crippen LogP contribution in [-0.4, -0.2) is 84.2 Å². The van der Waals surface area contributed by atoms with E-state index in [4.69, 9.17) is 0 Å². The number of rotatable bonds is 34. The van der Waals surface area contributed by atoms with Crippen molar-refractivity contribution in [2.45, 2.75) is 209 Å². The summed E-state index contributed by atoms with van der Waals surface area (Å²) in [7, 11) is 0. The third kappa shape index (κ3) is 29.7. The van der Waals surface area contributed by atoms with Crippen LogP contribution in [0.3, 0.4) is 0 Å². The molecule has 1 unspecified atom stereocenters. The topological polar surface area (TPSA) is 40.5 Å². The number of aliphatic hydroxyl groups is 2. The molecule has 0 aliphatic rings. The van der Waals surface area contributed by atoms with Crippen LogP contribution in [0.15, 0.2) is 0 Å². The van der Waals surface area contributed by atoms with E-state index in [1.54, 1.807) is 0 Å². The molecule has 0 saturated carbocycles. The Morgan fingerprint density at radius 1 is 0.356 bits per heavy atom. The van der Waals surface area contributed by atoms with Crippen molar-refractivity contribution >= 4 is 0 Å². The molecule has 4 heteroatoms. The van der Waals surface area contributed by atoms with Gasteiger partial charge in [-0.15, -0.1) is 0 Å². The molecule has 45 heavy (non-hydrogen) atoms. The Morgan fingerprint density at radius 3 is 0.889 bits per heavy atom. The second kappa shape index (κ2) is 35.2. The van der Waals surface area contributed by atoms with Gasteiger partial charge >= 0.3 is 0 Å². The van der Waals surface area contributed by atoms with Gasteiger partial charge in [-0.05, 0) is 64.7 Å². The molecule has 0 rings (SSSR count). The van der Waals surface area contributed by atoms with Gasteiger partial charge in [-0.2, -0.15) is 0 Å². The molecule has 0 amide bonds. The standard InChI is InChI=1S/C26H56NO.C15H34NO/c1-4-7-10-13-16-19-22-27(25-26-28,23-20-17-14-11-8-5-2)24-21-18-15-12-9-6-3;1-5-8-11-16(12-9-6-2,13-10-7-3)14-15(4)17/h28H,4-26H2,1-3H3;15,17H,5-14H2,1-4H3/q2*+1. The summed E-state index contributed by atoms with van der Waals surface area (Å²) in [5.41, 5.74) is 0. The molecule has 0 aromatic heterocycles. The molecule has 4 nitrogen and oxygen atoms in total. The number of aliphatic hydroxyl groups excluding tert-OH is 2. The second-order valence-corrected chi connectivity index (χ2v) is 14.9. The largest absolute Gasteiger partial charge is 0.391 e. The lowest BCUT2D eigenvalue weighted by Crippen LogP contribution is -2.53. The third-order valence-electron chi connectivity index (χ3n) is 10.1. The van der Waals surface area contributed by atoms with Crippen LogP contribution < -0.4 is 0 Å². The number of nitrogens with zero attached hydrogens (tertiary/aromatic N) is 2. The van der Waals surface area contributed by atoms with Gasteiger partial charge in [0, 0.05) is 0 Å². The van der Waals surface area contributed by atoms with E-state index in [1.807, 2.05) is 6.92 Å². The van der Waals surface area contributed by atoms with Crippen molar-refractivity contribution < 1.29 is 19.2 Å². The van der Waals surface area contributed by atoms with Crippen LogP contribution in [0, 0.1) is 0 Å². The summed E-state index contributed by atoms with van der Waals surface area (Å²) in [5.74, 6) is 0. The van der Waals surface area contributed by atoms with Gasteiger partial charge < -0.3 is 19.2 Å². The van der Waals surface area contributed by atoms with Crippen molar-refractivity contribution in [1.82, 2.24) is 0 Å². The molecule has 0 saturated heterocycles. The van der Waals surface area contributed by atoms with Crippen molar-refractivity contribution in [2.75, 3.05) is 59.0 Å². The highest BCUT2D eigenvalue weighted by atomic mass is 16.3. The first kappa shape index (κ1) is 47.0. The van der Waals surface area contributed by atoms with E-state index in [2.05, 4.69) is 41.5 Å². The molecule has 0 aromatic rings. The Labute approximate surface area is 286 Å². The lowest BCUT2D eigenvalue weighted by Gasteiger charge is -2.40. The fourth-order valence-electron chi connectivity index (χ4n) is 7.22. The first-order valence-corrected chi connectivity index (χ1v) is 20.8. The van der Waals surface area contributed by atoms with E-state index in [0.29, 0.717) is 6.61 Å². The number of quaternary nitrogens is 2. The van der Waals surface area contributed by atoms with E-state index in [9.17, 15) is 10.2 Å². The second-order valence-electron chi connectivity index (χ2n) is 14.9. The van der Waals surface area contributed by atoms with E-state index >= 15 is 0 Å². The Hall–Kier alpha value is -0.160. The SMILES string of the molecule is CCCCCCCC[N+](CCO)(CCCCCCCC)CCCCCCCC.CCCC[N+](CCCC)(CCCC)CC(C)O. The smallest absolute Gasteiger partial charge is 0.105 e. The van der Waals surface area contributed by atoms with Crippen LogP contribution in [0.4, 0.5) is 0 Å². The van der Waals surface area contributed by atoms with Gasteiger partial charge in [-0.1, -0.05) is 138 Å². The number of hydrogen-bond acceptors (Lipinski definition) is 2. The minimum absolute atomic E-state index is 0.166. The maximum atomic E-state index is 9.80. The van der Waals surface area contributed by atoms with Crippen LogP contribution in [-0.2, 0) is 0 Å². The normalized spacial score (nSPS) is 12.7. The highest BCUT2D eigenvalue weighted by Crippen LogP contribution is 2.19. The summed E-state index contributed by atoms with van der Waals surface area (Å²) in [6, 6.07) is 0. The van der Waals surface area contributed by atoms with Crippen molar-refractivity contribution in [3.63, 3.8) is 0 Å². The van der Waals surface area contributed by atoms with Gasteiger partial charge in [0.2, 0.25) is 0 Å². The molecule has 1 atom stereocenters. The van der Waals surface area contributed by atoms with Gasteiger partial charge in [-0.25, -0.2) is 0 Å². The molecule has 0 aliphatic carbocycles. The quantitative estimate of drug-likeness (QED) is 0.0541. The van der Waals surface area contributed by atoms with Crippen LogP contribution in [0.5, 0.6) is 0 Å². The summed E-state index contributed by atoms with van der Waals surface area (Å²) < 4.78 is 2.35. The molecule has 0 aliphatic heterocycles. The van der Waals surface area contributed by atoms with E-state index < -0.39 is 0 Å². The molecule has 0 heterocycles. The average molecular weight is 643 g/mol. The van der Waals surface area contributed by atoms with Gasteiger partial charge in [0.15, 0.2) is 0 Å². The predicted octanol–water partition coefficient (Wildman–Crippen LogP) is 11.5. The summed E-state index contributed by atoms with van der Waals surface area (Å²) >= 11 is 0. The molecule has 0 fully saturated rings. The Bertz CT molecular complexity index is 491. The van der Waals surface area contributed by atoms with Gasteiger partial charge in [0.1, 0.15) is 19.2 Å². The molecule has 0 radical (unpaired) electrons. The molecular formula is C41H90N2O2+2. The van der Waals surface area contributed by atoms with E-state index in [0.717, 1.165) is 17.6 Å². The zero-order valence-corrected chi connectivity index (χ0v) is 32.7. The minimum Gasteiger partial charge on any atom is -0.391 e.